The largest absolute Gasteiger partial charge is 0.321 e. The summed E-state index contributed by atoms with van der Waals surface area (Å²) in [6, 6.07) is 15.6. The number of amides is 1. The second kappa shape index (κ2) is 10.7. The lowest BCUT2D eigenvalue weighted by Crippen LogP contribution is -2.08. The van der Waals surface area contributed by atoms with Gasteiger partial charge in [-0.05, 0) is 60.4 Å². The number of fused-ring (bicyclic) bond motifs is 1. The Hall–Kier alpha value is -3.75. The molecule has 35 heavy (non-hydrogen) atoms. The van der Waals surface area contributed by atoms with Crippen molar-refractivity contribution in [3.05, 3.63) is 92.0 Å². The van der Waals surface area contributed by atoms with Crippen molar-refractivity contribution in [1.29, 1.82) is 0 Å². The number of anilines is 1. The SMILES string of the molecule is CCCCc1ccc(-n2nc3cc(Cl)c(NC(=O)/C=C/c4ccc(Cl)c([N+](=O)[O-])c4)cc3n2)cc1. The Kier molecular flexibility index (Phi) is 7.43. The molecule has 3 aromatic carbocycles. The first-order chi connectivity index (χ1) is 16.8. The van der Waals surface area contributed by atoms with Gasteiger partial charge < -0.3 is 5.32 Å². The monoisotopic (exact) mass is 509 g/mol. The molecule has 8 nitrogen and oxygen atoms in total. The van der Waals surface area contributed by atoms with E-state index < -0.39 is 10.8 Å². The highest BCUT2D eigenvalue weighted by molar-refractivity contribution is 6.34. The number of carbonyl (C=O) groups is 1. The van der Waals surface area contributed by atoms with E-state index in [-0.39, 0.29) is 10.7 Å². The first kappa shape index (κ1) is 24.4. The molecule has 10 heteroatoms. The van der Waals surface area contributed by atoms with Crippen LogP contribution in [0.1, 0.15) is 30.9 Å². The molecule has 0 bridgehead atoms. The molecule has 1 heterocycles. The van der Waals surface area contributed by atoms with Crippen molar-refractivity contribution in [2.24, 2.45) is 0 Å². The molecule has 4 aromatic rings. The maximum atomic E-state index is 12.4. The van der Waals surface area contributed by atoms with Gasteiger partial charge in [-0.1, -0.05) is 54.7 Å². The number of hydrogen-bond donors (Lipinski definition) is 1. The van der Waals surface area contributed by atoms with Crippen molar-refractivity contribution >= 4 is 57.6 Å². The maximum absolute atomic E-state index is 12.4. The van der Waals surface area contributed by atoms with Crippen LogP contribution >= 0.6 is 23.2 Å². The third-order valence-corrected chi connectivity index (χ3v) is 5.94. The van der Waals surface area contributed by atoms with Gasteiger partial charge in [0.1, 0.15) is 16.1 Å². The fourth-order valence-electron chi connectivity index (χ4n) is 3.45. The first-order valence-corrected chi connectivity index (χ1v) is 11.7. The highest BCUT2D eigenvalue weighted by Crippen LogP contribution is 2.28. The van der Waals surface area contributed by atoms with Gasteiger partial charge in [-0.3, -0.25) is 14.9 Å². The predicted octanol–water partition coefficient (Wildman–Crippen LogP) is 6.63. The lowest BCUT2D eigenvalue weighted by atomic mass is 10.1. The molecule has 178 valence electrons. The van der Waals surface area contributed by atoms with Crippen LogP contribution < -0.4 is 5.32 Å². The van der Waals surface area contributed by atoms with E-state index >= 15 is 0 Å². The summed E-state index contributed by atoms with van der Waals surface area (Å²) >= 11 is 12.2. The molecule has 1 N–H and O–H groups in total. The number of nitrogens with zero attached hydrogens (tertiary/aromatic N) is 4. The predicted molar refractivity (Wildman–Crippen MR) is 138 cm³/mol. The van der Waals surface area contributed by atoms with Gasteiger partial charge >= 0.3 is 0 Å². The molecular weight excluding hydrogens is 489 g/mol. The van der Waals surface area contributed by atoms with Gasteiger partial charge in [-0.15, -0.1) is 10.2 Å². The van der Waals surface area contributed by atoms with E-state index in [1.54, 1.807) is 18.2 Å². The van der Waals surface area contributed by atoms with Crippen LogP contribution in [0.4, 0.5) is 11.4 Å². The average Bonchev–Trinajstić information content (AvgIpc) is 3.25. The van der Waals surface area contributed by atoms with E-state index in [0.717, 1.165) is 24.9 Å². The van der Waals surface area contributed by atoms with Crippen LogP contribution in [0.3, 0.4) is 0 Å². The number of halogens is 2. The van der Waals surface area contributed by atoms with Gasteiger partial charge in [0.25, 0.3) is 5.69 Å². The Morgan fingerprint density at radius 2 is 1.77 bits per heavy atom. The summed E-state index contributed by atoms with van der Waals surface area (Å²) in [5.74, 6) is -0.459. The number of aryl methyl sites for hydroxylation is 1. The Labute approximate surface area is 211 Å². The Balaban J connectivity index is 1.50. The fraction of sp³-hybridized carbons (Fsp3) is 0.160. The molecule has 0 spiro atoms. The van der Waals surface area contributed by atoms with E-state index in [9.17, 15) is 14.9 Å². The summed E-state index contributed by atoms with van der Waals surface area (Å²) in [6.45, 7) is 2.17. The number of hydrogen-bond acceptors (Lipinski definition) is 5. The van der Waals surface area contributed by atoms with Crippen LogP contribution in [0.5, 0.6) is 0 Å². The molecular formula is C25H21Cl2N5O3. The number of carbonyl (C=O) groups excluding carboxylic acids is 1. The molecule has 0 saturated heterocycles. The average molecular weight is 510 g/mol. The number of aromatic nitrogens is 3. The van der Waals surface area contributed by atoms with Crippen LogP contribution in [-0.2, 0) is 11.2 Å². The highest BCUT2D eigenvalue weighted by atomic mass is 35.5. The molecule has 1 amide bonds. The zero-order chi connectivity index (χ0) is 24.9. The Morgan fingerprint density at radius 3 is 2.46 bits per heavy atom. The Bertz CT molecular complexity index is 1430. The van der Waals surface area contributed by atoms with Crippen molar-refractivity contribution in [3.8, 4) is 5.69 Å². The molecule has 0 aliphatic heterocycles. The van der Waals surface area contributed by atoms with Crippen LogP contribution in [0, 0.1) is 10.1 Å². The van der Waals surface area contributed by atoms with Crippen molar-refractivity contribution in [3.63, 3.8) is 0 Å². The van der Waals surface area contributed by atoms with E-state index in [0.29, 0.717) is 27.3 Å². The topological polar surface area (TPSA) is 103 Å². The number of nitro benzene ring substituents is 1. The minimum absolute atomic E-state index is 0.0252. The van der Waals surface area contributed by atoms with Crippen LogP contribution in [-0.4, -0.2) is 25.8 Å². The number of rotatable bonds is 8. The first-order valence-electron chi connectivity index (χ1n) is 10.9. The molecule has 0 radical (unpaired) electrons. The lowest BCUT2D eigenvalue weighted by Gasteiger charge is -2.04. The van der Waals surface area contributed by atoms with Crippen molar-refractivity contribution < 1.29 is 9.72 Å². The molecule has 4 rings (SSSR count). The summed E-state index contributed by atoms with van der Waals surface area (Å²) < 4.78 is 0. The molecule has 0 fully saturated rings. The lowest BCUT2D eigenvalue weighted by molar-refractivity contribution is -0.384. The van der Waals surface area contributed by atoms with Crippen LogP contribution in [0.15, 0.2) is 60.7 Å². The van der Waals surface area contributed by atoms with E-state index in [1.165, 1.54) is 34.6 Å². The van der Waals surface area contributed by atoms with E-state index in [2.05, 4.69) is 34.6 Å². The summed E-state index contributed by atoms with van der Waals surface area (Å²) in [6.07, 6.45) is 6.03. The minimum atomic E-state index is -0.581. The van der Waals surface area contributed by atoms with Crippen molar-refractivity contribution in [2.45, 2.75) is 26.2 Å². The molecule has 0 aliphatic rings. The van der Waals surface area contributed by atoms with Gasteiger partial charge in [-0.2, -0.15) is 4.80 Å². The van der Waals surface area contributed by atoms with Crippen molar-refractivity contribution in [1.82, 2.24) is 15.0 Å². The standard InChI is InChI=1S/C25H21Cl2N5O3/c1-2-3-4-16-5-9-18(10-6-16)31-29-22-14-20(27)21(15-23(22)30-31)28-25(33)12-8-17-7-11-19(26)24(13-17)32(34)35/h5-15H,2-4H2,1H3,(H,28,33)/b12-8+. The van der Waals surface area contributed by atoms with Gasteiger partial charge in [0.15, 0.2) is 0 Å². The molecule has 0 saturated carbocycles. The second-order valence-corrected chi connectivity index (χ2v) is 8.69. The highest BCUT2D eigenvalue weighted by Gasteiger charge is 2.13. The third kappa shape index (κ3) is 5.85. The van der Waals surface area contributed by atoms with Gasteiger partial charge in [0, 0.05) is 12.1 Å². The number of benzene rings is 3. The van der Waals surface area contributed by atoms with Gasteiger partial charge in [0.05, 0.1) is 21.3 Å². The van der Waals surface area contributed by atoms with E-state index in [1.807, 2.05) is 12.1 Å². The second-order valence-electron chi connectivity index (χ2n) is 7.87. The summed E-state index contributed by atoms with van der Waals surface area (Å²) in [5.41, 5.74) is 3.84. The van der Waals surface area contributed by atoms with E-state index in [4.69, 9.17) is 23.2 Å². The maximum Gasteiger partial charge on any atom is 0.288 e. The zero-order valence-electron chi connectivity index (χ0n) is 18.7. The van der Waals surface area contributed by atoms with Crippen molar-refractivity contribution in [2.75, 3.05) is 5.32 Å². The van der Waals surface area contributed by atoms with Gasteiger partial charge in [0.2, 0.25) is 5.91 Å². The number of nitrogens with one attached hydrogen (secondary N) is 1. The van der Waals surface area contributed by atoms with Gasteiger partial charge in [-0.25, -0.2) is 0 Å². The zero-order valence-corrected chi connectivity index (χ0v) is 20.3. The molecule has 0 atom stereocenters. The molecule has 0 aliphatic carbocycles. The summed E-state index contributed by atoms with van der Waals surface area (Å²) in [4.78, 5) is 24.4. The fourth-order valence-corrected chi connectivity index (χ4v) is 3.84. The summed E-state index contributed by atoms with van der Waals surface area (Å²) in [7, 11) is 0. The van der Waals surface area contributed by atoms with Crippen LogP contribution in [0.2, 0.25) is 10.0 Å². The smallest absolute Gasteiger partial charge is 0.288 e. The molecule has 1 aromatic heterocycles. The number of unbranched alkanes of at least 4 members (excludes halogenated alkanes) is 1. The quantitative estimate of drug-likeness (QED) is 0.163. The molecule has 0 unspecified atom stereocenters. The normalized spacial score (nSPS) is 11.3. The third-order valence-electron chi connectivity index (χ3n) is 5.31. The summed E-state index contributed by atoms with van der Waals surface area (Å²) in [5, 5.41) is 23.1. The minimum Gasteiger partial charge on any atom is -0.321 e. The number of nitro groups is 1. The Morgan fingerprint density at radius 1 is 1.06 bits per heavy atom. The van der Waals surface area contributed by atoms with Crippen LogP contribution in [0.25, 0.3) is 22.8 Å².